The fraction of sp³-hybridized carbons (Fsp3) is 0.200. The van der Waals surface area contributed by atoms with Crippen LogP contribution in [0.2, 0.25) is 5.15 Å². The van der Waals surface area contributed by atoms with Crippen LogP contribution in [0, 0.1) is 13.8 Å². The molecule has 92 valence electrons. The second kappa shape index (κ2) is 4.38. The predicted octanol–water partition coefficient (Wildman–Crippen LogP) is 2.70. The summed E-state index contributed by atoms with van der Waals surface area (Å²) in [7, 11) is -0.556. The number of nitrogens with zero attached hydrogens (tertiary/aromatic N) is 1. The van der Waals surface area contributed by atoms with Gasteiger partial charge in [0.2, 0.25) is 10.3 Å². The van der Waals surface area contributed by atoms with Crippen molar-refractivity contribution in [3.63, 3.8) is 0 Å². The third kappa shape index (κ3) is 2.42. The third-order valence-corrected chi connectivity index (χ3v) is 4.26. The molecular weight excluding hydrogens is 260 g/mol. The molecule has 0 aliphatic carbocycles. The Bertz CT molecular complexity index is 571. The average Bonchev–Trinajstić information content (AvgIpc) is 2.22. The van der Waals surface area contributed by atoms with Crippen molar-refractivity contribution in [3.05, 3.63) is 33.8 Å². The normalized spacial score (nSPS) is 11.6. The van der Waals surface area contributed by atoms with Crippen LogP contribution in [-0.2, 0) is 0 Å². The van der Waals surface area contributed by atoms with E-state index in [1.165, 1.54) is 4.91 Å². The van der Waals surface area contributed by atoms with E-state index in [1.807, 2.05) is 26.0 Å². The van der Waals surface area contributed by atoms with Gasteiger partial charge in [0.25, 0.3) is 0 Å². The lowest BCUT2D eigenvalue weighted by molar-refractivity contribution is 0.474. The largest absolute Gasteiger partial charge is 0.503 e. The molecule has 5 N–H and O–H groups in total. The number of aromatic amines is 2. The van der Waals surface area contributed by atoms with Crippen molar-refractivity contribution in [1.82, 2.24) is 14.5 Å². The number of benzene rings is 1. The number of aryl methyl sites for hydroxylation is 2. The fourth-order valence-electron chi connectivity index (χ4n) is 1.60. The lowest BCUT2D eigenvalue weighted by Gasteiger charge is -2.04. The van der Waals surface area contributed by atoms with Gasteiger partial charge in [0.15, 0.2) is 10.9 Å². The van der Waals surface area contributed by atoms with Gasteiger partial charge in [-0.1, -0.05) is 27.1 Å². The molecule has 2 rings (SSSR count). The molecule has 7 heteroatoms. The van der Waals surface area contributed by atoms with E-state index in [1.54, 1.807) is 5.38 Å². The summed E-state index contributed by atoms with van der Waals surface area (Å²) in [5.74, 6) is 5.86. The van der Waals surface area contributed by atoms with Crippen molar-refractivity contribution in [2.24, 2.45) is 0 Å². The maximum Gasteiger partial charge on any atom is 0.244 e. The maximum absolute atomic E-state index is 10.1. The average molecular weight is 274 g/mol. The Morgan fingerprint density at radius 1 is 1.41 bits per heavy atom. The minimum absolute atomic E-state index is 0.266. The lowest BCUT2D eigenvalue weighted by Crippen LogP contribution is -2.16. The molecule has 0 spiro atoms. The Balaban J connectivity index is 2.67. The number of halogens is 1. The Morgan fingerprint density at radius 2 is 2.12 bits per heavy atom. The number of hydrogen-bond acceptors (Lipinski definition) is 2. The van der Waals surface area contributed by atoms with Crippen LogP contribution in [0.1, 0.15) is 11.1 Å². The van der Waals surface area contributed by atoms with E-state index in [9.17, 15) is 5.11 Å². The highest BCUT2D eigenvalue weighted by atomic mass is 35.5. The van der Waals surface area contributed by atoms with Crippen molar-refractivity contribution in [3.8, 4) is 10.6 Å². The summed E-state index contributed by atoms with van der Waals surface area (Å²) in [6.45, 7) is 3.84. The number of aromatic hydroxyl groups is 1. The zero-order chi connectivity index (χ0) is 12.6. The van der Waals surface area contributed by atoms with E-state index in [4.69, 9.17) is 17.4 Å². The Morgan fingerprint density at radius 3 is 2.76 bits per heavy atom. The van der Waals surface area contributed by atoms with Crippen LogP contribution in [0.15, 0.2) is 17.5 Å². The van der Waals surface area contributed by atoms with Crippen LogP contribution in [0.5, 0.6) is 5.75 Å². The molecule has 1 aromatic heterocycles. The van der Waals surface area contributed by atoms with Gasteiger partial charge in [-0.05, 0) is 25.0 Å². The first kappa shape index (κ1) is 11.9. The minimum Gasteiger partial charge on any atom is -0.503 e. The van der Waals surface area contributed by atoms with E-state index in [2.05, 4.69) is 9.59 Å². The molecule has 5 nitrogen and oxygen atoms in total. The highest BCUT2D eigenvalue weighted by Crippen LogP contribution is 2.38. The van der Waals surface area contributed by atoms with Crippen LogP contribution < -0.4 is 5.84 Å². The summed E-state index contributed by atoms with van der Waals surface area (Å²) in [6.07, 6.45) is 0. The van der Waals surface area contributed by atoms with E-state index in [-0.39, 0.29) is 5.75 Å². The molecule has 0 saturated heterocycles. The molecule has 17 heavy (non-hydrogen) atoms. The molecule has 1 unspecified atom stereocenters. The van der Waals surface area contributed by atoms with Crippen LogP contribution in [-0.4, -0.2) is 19.6 Å². The molecule has 0 radical (unpaired) electrons. The second-order valence-corrected chi connectivity index (χ2v) is 5.75. The third-order valence-electron chi connectivity index (χ3n) is 2.29. The maximum atomic E-state index is 10.1. The van der Waals surface area contributed by atoms with Gasteiger partial charge < -0.3 is 10.9 Å². The quantitative estimate of drug-likeness (QED) is 0.476. The van der Waals surface area contributed by atoms with Crippen molar-refractivity contribution in [2.45, 2.75) is 13.8 Å². The molecule has 0 aliphatic rings. The summed E-state index contributed by atoms with van der Waals surface area (Å²) in [6, 6.07) is 3.84. The van der Waals surface area contributed by atoms with E-state index in [0.29, 0.717) is 5.15 Å². The van der Waals surface area contributed by atoms with Gasteiger partial charge in [0.05, 0.1) is 0 Å². The number of nitrogens with one attached hydrogen (secondary N) is 2. The van der Waals surface area contributed by atoms with Crippen LogP contribution in [0.4, 0.5) is 0 Å². The van der Waals surface area contributed by atoms with Crippen LogP contribution >= 0.6 is 22.3 Å². The zero-order valence-electron chi connectivity index (χ0n) is 9.49. The highest BCUT2D eigenvalue weighted by molar-refractivity contribution is 7.33. The Hall–Kier alpha value is -1.53. The van der Waals surface area contributed by atoms with Crippen LogP contribution in [0.3, 0.4) is 0 Å². The first-order valence-electron chi connectivity index (χ1n) is 4.96. The summed E-state index contributed by atoms with van der Waals surface area (Å²) >= 11 is 5.90. The van der Waals surface area contributed by atoms with Crippen LogP contribution in [0.25, 0.3) is 4.90 Å². The van der Waals surface area contributed by atoms with Gasteiger partial charge in [-0.2, -0.15) is 0 Å². The zero-order valence-corrected chi connectivity index (χ0v) is 11.1. The second-order valence-electron chi connectivity index (χ2n) is 3.81. The Kier molecular flexibility index (Phi) is 3.08. The standard InChI is InChI=1S/C10H13ClN4OS/c1-6-3-7(2)10(16)8(4-6)17-5-9(11)13-15(12)14-17/h3-5,13-14H,12H2,1-2H3/p+1. The molecule has 1 aromatic carbocycles. The molecule has 2 aromatic rings. The topological polar surface area (TPSA) is 82.8 Å². The number of H-pyrrole nitrogens is 2. The van der Waals surface area contributed by atoms with Crippen molar-refractivity contribution < 1.29 is 5.11 Å². The molecule has 1 heterocycles. The van der Waals surface area contributed by atoms with Crippen molar-refractivity contribution in [1.29, 1.82) is 0 Å². The molecule has 0 amide bonds. The summed E-state index contributed by atoms with van der Waals surface area (Å²) in [4.78, 5) is 1.96. The summed E-state index contributed by atoms with van der Waals surface area (Å²) < 4.78 is 2.97. The molecule has 1 atom stereocenters. The summed E-state index contributed by atoms with van der Waals surface area (Å²) in [5.41, 5.74) is 1.91. The van der Waals surface area contributed by atoms with E-state index < -0.39 is 10.7 Å². The van der Waals surface area contributed by atoms with E-state index >= 15 is 0 Å². The molecule has 0 bridgehead atoms. The van der Waals surface area contributed by atoms with Gasteiger partial charge in [0.1, 0.15) is 10.7 Å². The number of nitrogens with two attached hydrogens (primary N) is 1. The van der Waals surface area contributed by atoms with Crippen molar-refractivity contribution in [2.75, 3.05) is 5.84 Å². The van der Waals surface area contributed by atoms with Gasteiger partial charge in [-0.25, -0.2) is 5.10 Å². The van der Waals surface area contributed by atoms with Gasteiger partial charge >= 0.3 is 0 Å². The number of phenolic OH excluding ortho intramolecular Hbond substituents is 1. The van der Waals surface area contributed by atoms with Gasteiger partial charge in [0, 0.05) is 6.07 Å². The fourth-order valence-corrected chi connectivity index (χ4v) is 3.44. The Labute approximate surface area is 106 Å². The van der Waals surface area contributed by atoms with Gasteiger partial charge in [-0.3, -0.25) is 0 Å². The number of hydrogen-bond donors (Lipinski definition) is 4. The number of aromatic nitrogens is 3. The predicted molar refractivity (Wildman–Crippen MR) is 70.9 cm³/mol. The van der Waals surface area contributed by atoms with Gasteiger partial charge in [-0.15, -0.1) is 0 Å². The molecular formula is C10H14ClN4OS+. The monoisotopic (exact) mass is 273 g/mol. The first-order chi connectivity index (χ1) is 7.97. The number of phenols is 1. The molecule has 0 fully saturated rings. The van der Waals surface area contributed by atoms with Crippen molar-refractivity contribution >= 4 is 22.3 Å². The SMILES string of the molecule is Cc1cc(C)c(O)c(-[s+]2cc(Cl)[nH]n(N)[nH]2)c1. The molecule has 0 saturated carbocycles. The minimum atomic E-state index is -0.556. The number of nitrogen functional groups attached to an aromatic ring is 1. The highest BCUT2D eigenvalue weighted by Gasteiger charge is 2.18. The lowest BCUT2D eigenvalue weighted by atomic mass is 10.1. The number of rotatable bonds is 1. The first-order valence-corrected chi connectivity index (χ1v) is 6.62. The molecule has 0 aliphatic heterocycles. The summed E-state index contributed by atoms with van der Waals surface area (Å²) in [5, 5.41) is 14.9. The van der Waals surface area contributed by atoms with E-state index in [0.717, 1.165) is 16.0 Å². The smallest absolute Gasteiger partial charge is 0.244 e.